The van der Waals surface area contributed by atoms with E-state index in [2.05, 4.69) is 47.4 Å². The summed E-state index contributed by atoms with van der Waals surface area (Å²) in [6.07, 6.45) is 5.38. The van der Waals surface area contributed by atoms with Crippen molar-refractivity contribution in [1.29, 1.82) is 0 Å². The number of hydrogen-bond donors (Lipinski definition) is 3. The largest absolute Gasteiger partial charge is 0.478 e. The fourth-order valence-electron chi connectivity index (χ4n) is 1.50. The molecule has 0 heterocycles. The highest BCUT2D eigenvalue weighted by Gasteiger charge is 2.20. The zero-order valence-corrected chi connectivity index (χ0v) is 18.0. The van der Waals surface area contributed by atoms with Gasteiger partial charge in [0, 0.05) is 16.7 Å². The topological polar surface area (TPSA) is 112 Å². The molecule has 0 aromatic rings. The summed E-state index contributed by atoms with van der Waals surface area (Å²) < 4.78 is 0. The van der Waals surface area contributed by atoms with Crippen LogP contribution < -0.4 is 0 Å². The molecule has 0 spiro atoms. The summed E-state index contributed by atoms with van der Waals surface area (Å²) in [7, 11) is 0. The van der Waals surface area contributed by atoms with Crippen molar-refractivity contribution in [3.05, 3.63) is 36.5 Å². The molecular weight excluding hydrogens is 348 g/mol. The number of rotatable bonds is 7. The fraction of sp³-hybridized carbons (Fsp3) is 0.571. The first kappa shape index (κ1) is 32.3. The molecule has 0 saturated carbocycles. The van der Waals surface area contributed by atoms with Crippen LogP contribution in [0.3, 0.4) is 0 Å². The number of aliphatic carboxylic acids is 3. The zero-order chi connectivity index (χ0) is 22.8. The SMILES string of the molecule is C=C(C)C(=O)O.C=C(C)C(=O)O.C=C(C)C(=O)O.CCC(CC)(CC)CC. The maximum Gasteiger partial charge on any atom is 0.330 e. The van der Waals surface area contributed by atoms with E-state index in [-0.39, 0.29) is 16.7 Å². The summed E-state index contributed by atoms with van der Waals surface area (Å²) in [5, 5.41) is 23.7. The average Bonchev–Trinajstić information content (AvgIpc) is 2.58. The van der Waals surface area contributed by atoms with Gasteiger partial charge in [0.05, 0.1) is 0 Å². The van der Waals surface area contributed by atoms with E-state index in [1.165, 1.54) is 46.5 Å². The molecule has 0 aliphatic carbocycles. The molecule has 0 fully saturated rings. The van der Waals surface area contributed by atoms with Crippen LogP contribution in [0.5, 0.6) is 0 Å². The Hall–Kier alpha value is -2.37. The van der Waals surface area contributed by atoms with Gasteiger partial charge >= 0.3 is 17.9 Å². The van der Waals surface area contributed by atoms with Crippen LogP contribution in [0.2, 0.25) is 0 Å². The van der Waals surface area contributed by atoms with Gasteiger partial charge in [0.2, 0.25) is 0 Å². The molecule has 0 aliphatic heterocycles. The van der Waals surface area contributed by atoms with Crippen LogP contribution in [-0.4, -0.2) is 33.2 Å². The second-order valence-corrected chi connectivity index (χ2v) is 6.17. The van der Waals surface area contributed by atoms with Crippen molar-refractivity contribution >= 4 is 17.9 Å². The van der Waals surface area contributed by atoms with Crippen molar-refractivity contribution in [1.82, 2.24) is 0 Å². The molecule has 6 heteroatoms. The van der Waals surface area contributed by atoms with Crippen molar-refractivity contribution in [2.24, 2.45) is 5.41 Å². The van der Waals surface area contributed by atoms with E-state index in [9.17, 15) is 14.4 Å². The fourth-order valence-corrected chi connectivity index (χ4v) is 1.50. The second kappa shape index (κ2) is 18.4. The van der Waals surface area contributed by atoms with Gasteiger partial charge in [-0.2, -0.15) is 0 Å². The molecule has 0 saturated heterocycles. The Kier molecular flexibility index (Phi) is 22.0. The monoisotopic (exact) mass is 386 g/mol. The molecule has 0 aromatic heterocycles. The van der Waals surface area contributed by atoms with E-state index in [1.54, 1.807) is 0 Å². The zero-order valence-electron chi connectivity index (χ0n) is 18.0. The standard InChI is InChI=1S/C9H20.3C4H6O2/c1-5-9(6-2,7-3)8-4;3*1-3(2)4(5)6/h5-8H2,1-4H3;3*1H2,2H3,(H,5,6). The molecule has 0 rings (SSSR count). The lowest BCUT2D eigenvalue weighted by Crippen LogP contribution is -2.15. The van der Waals surface area contributed by atoms with Gasteiger partial charge in [-0.15, -0.1) is 0 Å². The minimum Gasteiger partial charge on any atom is -0.478 e. The first-order chi connectivity index (χ1) is 12.2. The molecule has 6 nitrogen and oxygen atoms in total. The molecule has 0 unspecified atom stereocenters. The van der Waals surface area contributed by atoms with Gasteiger partial charge in [-0.05, 0) is 26.2 Å². The highest BCUT2D eigenvalue weighted by molar-refractivity contribution is 5.85. The van der Waals surface area contributed by atoms with E-state index in [1.807, 2.05) is 0 Å². The minimum absolute atomic E-state index is 0.176. The highest BCUT2D eigenvalue weighted by atomic mass is 16.4. The molecule has 0 aromatic carbocycles. The third-order valence-corrected chi connectivity index (χ3v) is 4.10. The lowest BCUT2D eigenvalue weighted by Gasteiger charge is -2.28. The summed E-state index contributed by atoms with van der Waals surface area (Å²) in [4.78, 5) is 28.8. The Morgan fingerprint density at radius 1 is 0.593 bits per heavy atom. The predicted octanol–water partition coefficient (Wildman–Crippen LogP) is 5.55. The molecular formula is C21H38O6. The van der Waals surface area contributed by atoms with Gasteiger partial charge in [-0.3, -0.25) is 0 Å². The second-order valence-electron chi connectivity index (χ2n) is 6.17. The normalized spacial score (nSPS) is 9.00. The van der Waals surface area contributed by atoms with E-state index in [0.717, 1.165) is 0 Å². The Balaban J connectivity index is -0.000000133. The number of carboxylic acid groups (broad SMARTS) is 3. The lowest BCUT2D eigenvalue weighted by molar-refractivity contribution is -0.133. The predicted molar refractivity (Wildman–Crippen MR) is 111 cm³/mol. The lowest BCUT2D eigenvalue weighted by atomic mass is 9.78. The molecule has 0 radical (unpaired) electrons. The van der Waals surface area contributed by atoms with E-state index < -0.39 is 17.9 Å². The van der Waals surface area contributed by atoms with Gasteiger partial charge in [0.15, 0.2) is 0 Å². The third kappa shape index (κ3) is 23.6. The first-order valence-corrected chi connectivity index (χ1v) is 8.84. The van der Waals surface area contributed by atoms with Crippen molar-refractivity contribution in [2.75, 3.05) is 0 Å². The van der Waals surface area contributed by atoms with Crippen molar-refractivity contribution in [2.45, 2.75) is 74.1 Å². The first-order valence-electron chi connectivity index (χ1n) is 8.84. The van der Waals surface area contributed by atoms with E-state index in [0.29, 0.717) is 5.41 Å². The summed E-state index contributed by atoms with van der Waals surface area (Å²) in [5.41, 5.74) is 1.19. The van der Waals surface area contributed by atoms with Gasteiger partial charge < -0.3 is 15.3 Å². The number of hydrogen-bond acceptors (Lipinski definition) is 3. The maximum absolute atomic E-state index is 9.60. The maximum atomic E-state index is 9.60. The number of carbonyl (C=O) groups is 3. The summed E-state index contributed by atoms with van der Waals surface area (Å²) in [6, 6.07) is 0. The van der Waals surface area contributed by atoms with Gasteiger partial charge in [-0.25, -0.2) is 14.4 Å². The average molecular weight is 387 g/mol. The van der Waals surface area contributed by atoms with Crippen LogP contribution in [0.4, 0.5) is 0 Å². The van der Waals surface area contributed by atoms with Crippen LogP contribution in [0.25, 0.3) is 0 Å². The van der Waals surface area contributed by atoms with Crippen LogP contribution >= 0.6 is 0 Å². The smallest absolute Gasteiger partial charge is 0.330 e. The number of carboxylic acids is 3. The Morgan fingerprint density at radius 3 is 0.704 bits per heavy atom. The summed E-state index contributed by atoms with van der Waals surface area (Å²) >= 11 is 0. The Morgan fingerprint density at radius 2 is 0.704 bits per heavy atom. The van der Waals surface area contributed by atoms with Gasteiger partial charge in [0.1, 0.15) is 0 Å². The highest BCUT2D eigenvalue weighted by Crippen LogP contribution is 2.33. The van der Waals surface area contributed by atoms with Crippen LogP contribution in [-0.2, 0) is 14.4 Å². The molecule has 0 aliphatic rings. The van der Waals surface area contributed by atoms with E-state index >= 15 is 0 Å². The molecule has 158 valence electrons. The van der Waals surface area contributed by atoms with Crippen molar-refractivity contribution in [3.63, 3.8) is 0 Å². The van der Waals surface area contributed by atoms with E-state index in [4.69, 9.17) is 15.3 Å². The quantitative estimate of drug-likeness (QED) is 0.494. The minimum atomic E-state index is -0.935. The summed E-state index contributed by atoms with van der Waals surface area (Å²) in [6.45, 7) is 23.0. The van der Waals surface area contributed by atoms with Crippen LogP contribution in [0.15, 0.2) is 36.5 Å². The van der Waals surface area contributed by atoms with Crippen LogP contribution in [0, 0.1) is 5.41 Å². The summed E-state index contributed by atoms with van der Waals surface area (Å²) in [5.74, 6) is -2.81. The molecule has 0 atom stereocenters. The molecule has 3 N–H and O–H groups in total. The Bertz CT molecular complexity index is 388. The van der Waals surface area contributed by atoms with Crippen molar-refractivity contribution in [3.8, 4) is 0 Å². The van der Waals surface area contributed by atoms with Gasteiger partial charge in [-0.1, -0.05) is 73.1 Å². The van der Waals surface area contributed by atoms with Crippen molar-refractivity contribution < 1.29 is 29.7 Å². The van der Waals surface area contributed by atoms with Crippen LogP contribution in [0.1, 0.15) is 74.1 Å². The Labute approximate surface area is 164 Å². The molecule has 0 amide bonds. The molecule has 0 bridgehead atoms. The third-order valence-electron chi connectivity index (χ3n) is 4.10. The van der Waals surface area contributed by atoms with Gasteiger partial charge in [0.25, 0.3) is 0 Å². The molecule has 27 heavy (non-hydrogen) atoms.